The Bertz CT molecular complexity index is 1160. The quantitative estimate of drug-likeness (QED) is 0.365. The van der Waals surface area contributed by atoms with Crippen LogP contribution in [0.2, 0.25) is 0 Å². The van der Waals surface area contributed by atoms with Crippen molar-refractivity contribution in [3.8, 4) is 0 Å². The highest BCUT2D eigenvalue weighted by Gasteiger charge is 2.44. The summed E-state index contributed by atoms with van der Waals surface area (Å²) < 4.78 is 5.35. The number of aliphatic hydroxyl groups is 1. The molecule has 214 valence electrons. The average Bonchev–Trinajstić information content (AvgIpc) is 3.27. The SMILES string of the molecule is CN(C)c1cc2ccccc2cc1CCCCCCOC(=O)N[C@H](C(=O)N1C[C@@H](O)C[C@H]1C(=O)O)C(C)(C)C. The molecule has 0 bridgehead atoms. The highest BCUT2D eigenvalue weighted by molar-refractivity contribution is 5.90. The minimum Gasteiger partial charge on any atom is -0.480 e. The molecule has 0 spiro atoms. The van der Waals surface area contributed by atoms with Crippen molar-refractivity contribution in [2.75, 3.05) is 32.1 Å². The normalized spacial score (nSPS) is 18.2. The number of rotatable bonds is 11. The van der Waals surface area contributed by atoms with E-state index in [0.29, 0.717) is 6.42 Å². The molecule has 0 aromatic heterocycles. The molecule has 3 N–H and O–H groups in total. The van der Waals surface area contributed by atoms with E-state index in [2.05, 4.69) is 60.7 Å². The van der Waals surface area contributed by atoms with Gasteiger partial charge in [-0.3, -0.25) is 4.79 Å². The van der Waals surface area contributed by atoms with E-state index in [1.54, 1.807) is 20.8 Å². The molecule has 1 saturated heterocycles. The number of aryl methyl sites for hydroxylation is 1. The molecule has 2 amide bonds. The number of carbonyl (C=O) groups excluding carboxylic acids is 2. The number of β-amino-alcohol motifs (C(OH)–C–C–N with tert-alkyl or cyclic N) is 1. The Morgan fingerprint density at radius 1 is 1.08 bits per heavy atom. The van der Waals surface area contributed by atoms with Crippen molar-refractivity contribution in [1.82, 2.24) is 10.2 Å². The summed E-state index contributed by atoms with van der Waals surface area (Å²) in [5.41, 5.74) is 1.87. The summed E-state index contributed by atoms with van der Waals surface area (Å²) in [5, 5.41) is 24.5. The number of ether oxygens (including phenoxy) is 1. The fourth-order valence-electron chi connectivity index (χ4n) is 5.09. The Labute approximate surface area is 231 Å². The molecule has 1 fully saturated rings. The zero-order chi connectivity index (χ0) is 28.7. The lowest BCUT2D eigenvalue weighted by molar-refractivity contribution is -0.150. The van der Waals surface area contributed by atoms with E-state index < -0.39 is 41.6 Å². The molecule has 0 saturated carbocycles. The number of aliphatic hydroxyl groups excluding tert-OH is 1. The van der Waals surface area contributed by atoms with Crippen molar-refractivity contribution in [3.05, 3.63) is 42.0 Å². The van der Waals surface area contributed by atoms with Crippen LogP contribution in [0.1, 0.15) is 58.4 Å². The fraction of sp³-hybridized carbons (Fsp3) is 0.567. The van der Waals surface area contributed by atoms with Crippen LogP contribution in [0, 0.1) is 5.41 Å². The summed E-state index contributed by atoms with van der Waals surface area (Å²) in [6.07, 6.45) is 2.97. The first-order valence-corrected chi connectivity index (χ1v) is 13.7. The largest absolute Gasteiger partial charge is 0.480 e. The van der Waals surface area contributed by atoms with Gasteiger partial charge in [-0.15, -0.1) is 0 Å². The van der Waals surface area contributed by atoms with Crippen LogP contribution in [0.3, 0.4) is 0 Å². The number of benzene rings is 2. The molecule has 1 heterocycles. The van der Waals surface area contributed by atoms with Gasteiger partial charge in [-0.2, -0.15) is 0 Å². The third kappa shape index (κ3) is 8.08. The van der Waals surface area contributed by atoms with E-state index in [1.807, 2.05) is 0 Å². The number of nitrogens with one attached hydrogen (secondary N) is 1. The molecule has 0 aliphatic carbocycles. The number of nitrogens with zero attached hydrogens (tertiary/aromatic N) is 2. The van der Waals surface area contributed by atoms with Crippen molar-refractivity contribution in [2.45, 2.75) is 77.5 Å². The van der Waals surface area contributed by atoms with Gasteiger partial charge in [0, 0.05) is 32.7 Å². The topological polar surface area (TPSA) is 119 Å². The summed E-state index contributed by atoms with van der Waals surface area (Å²) in [7, 11) is 4.12. The van der Waals surface area contributed by atoms with E-state index in [-0.39, 0.29) is 19.6 Å². The second-order valence-electron chi connectivity index (χ2n) is 11.7. The molecule has 2 aromatic carbocycles. The third-order valence-corrected chi connectivity index (χ3v) is 7.22. The molecule has 3 atom stereocenters. The van der Waals surface area contributed by atoms with Crippen LogP contribution in [0.5, 0.6) is 0 Å². The van der Waals surface area contributed by atoms with Crippen LogP contribution in [-0.4, -0.2) is 78.5 Å². The predicted molar refractivity (Wildman–Crippen MR) is 152 cm³/mol. The third-order valence-electron chi connectivity index (χ3n) is 7.22. The van der Waals surface area contributed by atoms with Gasteiger partial charge in [-0.1, -0.05) is 57.9 Å². The van der Waals surface area contributed by atoms with E-state index in [1.165, 1.54) is 22.0 Å². The molecular weight excluding hydrogens is 498 g/mol. The molecule has 2 aromatic rings. The van der Waals surface area contributed by atoms with E-state index in [4.69, 9.17) is 4.74 Å². The summed E-state index contributed by atoms with van der Waals surface area (Å²) in [5.74, 6) is -1.71. The number of alkyl carbamates (subject to hydrolysis) is 1. The van der Waals surface area contributed by atoms with Gasteiger partial charge in [0.1, 0.15) is 12.1 Å². The second-order valence-corrected chi connectivity index (χ2v) is 11.7. The zero-order valence-electron chi connectivity index (χ0n) is 23.8. The maximum atomic E-state index is 13.2. The zero-order valence-corrected chi connectivity index (χ0v) is 23.8. The molecule has 0 radical (unpaired) electrons. The fourth-order valence-corrected chi connectivity index (χ4v) is 5.09. The standard InChI is InChI=1S/C30H43N3O6/c1-30(2,3)26(27(35)33-19-23(34)18-25(33)28(36)37)31-29(38)39-15-11-7-6-8-14-22-16-20-12-9-10-13-21(20)17-24(22)32(4)5/h9-10,12-13,16-17,23,25-26,34H,6-8,11,14-15,18-19H2,1-5H3,(H,31,38)(H,36,37)/t23-,25-,26+/m0/s1. The van der Waals surface area contributed by atoms with Crippen LogP contribution >= 0.6 is 0 Å². The Morgan fingerprint density at radius 3 is 2.33 bits per heavy atom. The smallest absolute Gasteiger partial charge is 0.407 e. The van der Waals surface area contributed by atoms with Crippen LogP contribution in [0.4, 0.5) is 10.5 Å². The van der Waals surface area contributed by atoms with Gasteiger partial charge in [-0.25, -0.2) is 9.59 Å². The number of amides is 2. The second kappa shape index (κ2) is 13.2. The Balaban J connectivity index is 1.44. The molecule has 1 aliphatic rings. The summed E-state index contributed by atoms with van der Waals surface area (Å²) in [6.45, 7) is 5.52. The van der Waals surface area contributed by atoms with E-state index >= 15 is 0 Å². The number of anilines is 1. The summed E-state index contributed by atoms with van der Waals surface area (Å²) >= 11 is 0. The minimum atomic E-state index is -1.17. The van der Waals surface area contributed by atoms with E-state index in [9.17, 15) is 24.6 Å². The molecule has 3 rings (SSSR count). The lowest BCUT2D eigenvalue weighted by Gasteiger charge is -2.34. The maximum absolute atomic E-state index is 13.2. The van der Waals surface area contributed by atoms with Gasteiger partial charge in [0.05, 0.1) is 12.7 Å². The van der Waals surface area contributed by atoms with E-state index in [0.717, 1.165) is 30.6 Å². The van der Waals surface area contributed by atoms with Gasteiger partial charge in [0.2, 0.25) is 5.91 Å². The van der Waals surface area contributed by atoms with Gasteiger partial charge < -0.3 is 30.1 Å². The highest BCUT2D eigenvalue weighted by Crippen LogP contribution is 2.28. The Kier molecular flexibility index (Phi) is 10.2. The van der Waals surface area contributed by atoms with Crippen LogP contribution < -0.4 is 10.2 Å². The summed E-state index contributed by atoms with van der Waals surface area (Å²) in [4.78, 5) is 40.5. The van der Waals surface area contributed by atoms with Crippen molar-refractivity contribution in [1.29, 1.82) is 0 Å². The van der Waals surface area contributed by atoms with Crippen molar-refractivity contribution >= 4 is 34.4 Å². The van der Waals surface area contributed by atoms with Gasteiger partial charge in [0.25, 0.3) is 0 Å². The molecule has 1 aliphatic heterocycles. The van der Waals surface area contributed by atoms with Crippen molar-refractivity contribution < 1.29 is 29.3 Å². The molecule has 0 unspecified atom stereocenters. The number of hydrogen-bond acceptors (Lipinski definition) is 6. The highest BCUT2D eigenvalue weighted by atomic mass is 16.5. The van der Waals surface area contributed by atoms with Gasteiger partial charge >= 0.3 is 12.1 Å². The molecule has 9 heteroatoms. The minimum absolute atomic E-state index is 0.0281. The first kappa shape index (κ1) is 30.2. The van der Waals surface area contributed by atoms with Gasteiger partial charge in [0.15, 0.2) is 0 Å². The Morgan fingerprint density at radius 2 is 1.72 bits per heavy atom. The number of carboxylic acid groups (broad SMARTS) is 1. The van der Waals surface area contributed by atoms with Crippen molar-refractivity contribution in [2.24, 2.45) is 5.41 Å². The first-order valence-electron chi connectivity index (χ1n) is 13.7. The number of likely N-dealkylation sites (tertiary alicyclic amines) is 1. The van der Waals surface area contributed by atoms with Crippen LogP contribution in [-0.2, 0) is 20.7 Å². The molecule has 9 nitrogen and oxygen atoms in total. The molecule has 39 heavy (non-hydrogen) atoms. The molecular formula is C30H43N3O6. The monoisotopic (exact) mass is 541 g/mol. The van der Waals surface area contributed by atoms with Gasteiger partial charge in [-0.05, 0) is 53.1 Å². The first-order chi connectivity index (χ1) is 18.4. The average molecular weight is 542 g/mol. The number of carboxylic acids is 1. The lowest BCUT2D eigenvalue weighted by atomic mass is 9.85. The number of aliphatic carboxylic acids is 1. The van der Waals surface area contributed by atoms with Crippen molar-refractivity contribution in [3.63, 3.8) is 0 Å². The maximum Gasteiger partial charge on any atom is 0.407 e. The summed E-state index contributed by atoms with van der Waals surface area (Å²) in [6, 6.07) is 10.8. The number of unbranched alkanes of at least 4 members (excludes halogenated alkanes) is 3. The van der Waals surface area contributed by atoms with Crippen LogP contribution in [0.25, 0.3) is 10.8 Å². The van der Waals surface area contributed by atoms with Crippen LogP contribution in [0.15, 0.2) is 36.4 Å². The predicted octanol–water partition coefficient (Wildman–Crippen LogP) is 4.20. The number of carbonyl (C=O) groups is 3. The Hall–Kier alpha value is -3.33. The number of fused-ring (bicyclic) bond motifs is 1. The number of hydrogen-bond donors (Lipinski definition) is 3. The lowest BCUT2D eigenvalue weighted by Crippen LogP contribution is -2.56.